The van der Waals surface area contributed by atoms with E-state index in [0.717, 1.165) is 30.4 Å². The fourth-order valence-corrected chi connectivity index (χ4v) is 2.58. The standard InChI is InChI=1S/C23H20O12/c1-33-17-11-13(3-7-15(17)25)5-9-19(28)35-21(23(31)32)20(22(29)30)34-18(27)8-4-12-2-6-14(24)16(26)10-12/h2-11,20-21,24-26H,1H3,(H,29,30)(H,31,32)/b8-4+,9-5+/t20-,21-/m1/s1. The molecule has 2 aromatic carbocycles. The molecule has 0 heterocycles. The minimum Gasteiger partial charge on any atom is -0.504 e. The van der Waals surface area contributed by atoms with Crippen LogP contribution in [0.5, 0.6) is 23.0 Å². The van der Waals surface area contributed by atoms with E-state index in [1.807, 2.05) is 0 Å². The molecule has 184 valence electrons. The van der Waals surface area contributed by atoms with Crippen molar-refractivity contribution in [3.05, 3.63) is 59.7 Å². The van der Waals surface area contributed by atoms with Crippen LogP contribution in [0.2, 0.25) is 0 Å². The maximum atomic E-state index is 12.1. The van der Waals surface area contributed by atoms with Crippen molar-refractivity contribution in [3.63, 3.8) is 0 Å². The third kappa shape index (κ3) is 7.53. The molecule has 0 aliphatic heterocycles. The highest BCUT2D eigenvalue weighted by atomic mass is 16.6. The molecule has 0 spiro atoms. The van der Waals surface area contributed by atoms with Gasteiger partial charge < -0.3 is 39.7 Å². The molecule has 35 heavy (non-hydrogen) atoms. The molecule has 12 heteroatoms. The lowest BCUT2D eigenvalue weighted by Gasteiger charge is -2.19. The molecule has 0 amide bonds. The molecule has 2 atom stereocenters. The van der Waals surface area contributed by atoms with E-state index in [0.29, 0.717) is 5.56 Å². The first-order chi connectivity index (χ1) is 16.5. The normalized spacial score (nSPS) is 12.7. The first-order valence-corrected chi connectivity index (χ1v) is 9.63. The minimum absolute atomic E-state index is 0.109. The average Bonchev–Trinajstić information content (AvgIpc) is 2.81. The van der Waals surface area contributed by atoms with Gasteiger partial charge in [0.2, 0.25) is 12.2 Å². The number of carbonyl (C=O) groups excluding carboxylic acids is 2. The van der Waals surface area contributed by atoms with Crippen LogP contribution in [0, 0.1) is 0 Å². The molecule has 2 aromatic rings. The number of phenols is 3. The lowest BCUT2D eigenvalue weighted by molar-refractivity contribution is -0.183. The zero-order valence-electron chi connectivity index (χ0n) is 18.0. The Morgan fingerprint density at radius 3 is 1.60 bits per heavy atom. The molecule has 0 aliphatic rings. The number of phenolic OH excluding ortho intramolecular Hbond substituents is 3. The van der Waals surface area contributed by atoms with Crippen molar-refractivity contribution in [1.82, 2.24) is 0 Å². The third-order valence-electron chi connectivity index (χ3n) is 4.27. The molecule has 0 aromatic heterocycles. The fraction of sp³-hybridized carbons (Fsp3) is 0.130. The molecular weight excluding hydrogens is 468 g/mol. The number of hydrogen-bond acceptors (Lipinski definition) is 10. The minimum atomic E-state index is -2.39. The number of aliphatic carboxylic acids is 2. The van der Waals surface area contributed by atoms with Crippen molar-refractivity contribution in [2.45, 2.75) is 12.2 Å². The Kier molecular flexibility index (Phi) is 8.81. The number of methoxy groups -OCH3 is 1. The van der Waals surface area contributed by atoms with Gasteiger partial charge in [-0.3, -0.25) is 0 Å². The number of hydrogen-bond donors (Lipinski definition) is 5. The van der Waals surface area contributed by atoms with Gasteiger partial charge in [-0.05, 0) is 47.5 Å². The van der Waals surface area contributed by atoms with Gasteiger partial charge in [0.25, 0.3) is 0 Å². The summed E-state index contributed by atoms with van der Waals surface area (Å²) in [6.07, 6.45) is -0.907. The zero-order valence-corrected chi connectivity index (χ0v) is 18.0. The van der Waals surface area contributed by atoms with Gasteiger partial charge in [-0.25, -0.2) is 19.2 Å². The maximum absolute atomic E-state index is 12.1. The number of rotatable bonds is 10. The van der Waals surface area contributed by atoms with Crippen molar-refractivity contribution in [2.75, 3.05) is 7.11 Å². The van der Waals surface area contributed by atoms with Crippen LogP contribution in [0.4, 0.5) is 0 Å². The van der Waals surface area contributed by atoms with Crippen molar-refractivity contribution in [2.24, 2.45) is 0 Å². The van der Waals surface area contributed by atoms with Crippen molar-refractivity contribution >= 4 is 36.0 Å². The SMILES string of the molecule is COc1cc(/C=C/C(=O)O[C@@H](C(=O)O)[C@@H](OC(=O)/C=C/c2ccc(O)c(O)c2)C(=O)O)ccc1O. The number of benzene rings is 2. The molecule has 0 saturated carbocycles. The quantitative estimate of drug-likeness (QED) is 0.184. The van der Waals surface area contributed by atoms with Gasteiger partial charge in [0.1, 0.15) is 0 Å². The molecule has 12 nitrogen and oxygen atoms in total. The van der Waals surface area contributed by atoms with Gasteiger partial charge in [-0.1, -0.05) is 12.1 Å². The summed E-state index contributed by atoms with van der Waals surface area (Å²) in [6.45, 7) is 0. The van der Waals surface area contributed by atoms with E-state index in [-0.39, 0.29) is 17.1 Å². The predicted molar refractivity (Wildman–Crippen MR) is 118 cm³/mol. The van der Waals surface area contributed by atoms with Gasteiger partial charge in [0, 0.05) is 12.2 Å². The van der Waals surface area contributed by atoms with E-state index < -0.39 is 47.6 Å². The number of esters is 2. The smallest absolute Gasteiger partial charge is 0.349 e. The summed E-state index contributed by atoms with van der Waals surface area (Å²) in [5.74, 6) is -7.22. The number of aromatic hydroxyl groups is 3. The van der Waals surface area contributed by atoms with E-state index >= 15 is 0 Å². The first-order valence-electron chi connectivity index (χ1n) is 9.63. The lowest BCUT2D eigenvalue weighted by atomic mass is 10.2. The molecule has 0 fully saturated rings. The van der Waals surface area contributed by atoms with Crippen LogP contribution in [0.1, 0.15) is 11.1 Å². The molecule has 0 bridgehead atoms. The van der Waals surface area contributed by atoms with Gasteiger partial charge >= 0.3 is 23.9 Å². The van der Waals surface area contributed by atoms with Crippen LogP contribution in [0.15, 0.2) is 48.6 Å². The monoisotopic (exact) mass is 488 g/mol. The Bertz CT molecular complexity index is 1180. The van der Waals surface area contributed by atoms with E-state index in [2.05, 4.69) is 9.47 Å². The molecule has 0 saturated heterocycles. The predicted octanol–water partition coefficient (Wildman–Crippen LogP) is 1.53. The molecule has 0 radical (unpaired) electrons. The summed E-state index contributed by atoms with van der Waals surface area (Å²) in [4.78, 5) is 47.2. The van der Waals surface area contributed by atoms with E-state index in [1.54, 1.807) is 0 Å². The van der Waals surface area contributed by atoms with E-state index in [1.165, 1.54) is 37.5 Å². The molecular formula is C23H20O12. The zero-order chi connectivity index (χ0) is 26.1. The largest absolute Gasteiger partial charge is 0.504 e. The highest BCUT2D eigenvalue weighted by Gasteiger charge is 2.40. The van der Waals surface area contributed by atoms with Crippen molar-refractivity contribution in [1.29, 1.82) is 0 Å². The Morgan fingerprint density at radius 1 is 0.714 bits per heavy atom. The van der Waals surface area contributed by atoms with Gasteiger partial charge in [-0.15, -0.1) is 0 Å². The van der Waals surface area contributed by atoms with Crippen molar-refractivity contribution in [3.8, 4) is 23.0 Å². The van der Waals surface area contributed by atoms with Crippen LogP contribution in [0.3, 0.4) is 0 Å². The van der Waals surface area contributed by atoms with Crippen LogP contribution in [-0.2, 0) is 28.7 Å². The van der Waals surface area contributed by atoms with Crippen LogP contribution < -0.4 is 4.74 Å². The Balaban J connectivity index is 2.12. The molecule has 0 unspecified atom stereocenters. The Morgan fingerprint density at radius 2 is 1.17 bits per heavy atom. The molecule has 2 rings (SSSR count). The van der Waals surface area contributed by atoms with Gasteiger partial charge in [0.15, 0.2) is 23.0 Å². The lowest BCUT2D eigenvalue weighted by Crippen LogP contribution is -2.45. The second-order valence-electron chi connectivity index (χ2n) is 6.74. The van der Waals surface area contributed by atoms with E-state index in [4.69, 9.17) is 4.74 Å². The average molecular weight is 488 g/mol. The van der Waals surface area contributed by atoms with Gasteiger partial charge in [-0.2, -0.15) is 0 Å². The number of carboxylic acid groups (broad SMARTS) is 2. The van der Waals surface area contributed by atoms with Crippen LogP contribution >= 0.6 is 0 Å². The Labute approximate surface area is 197 Å². The van der Waals surface area contributed by atoms with E-state index in [9.17, 15) is 44.7 Å². The first kappa shape index (κ1) is 26.3. The van der Waals surface area contributed by atoms with Crippen LogP contribution in [0.25, 0.3) is 12.2 Å². The fourth-order valence-electron chi connectivity index (χ4n) is 2.58. The van der Waals surface area contributed by atoms with Gasteiger partial charge in [0.05, 0.1) is 7.11 Å². The highest BCUT2D eigenvalue weighted by molar-refractivity contribution is 5.93. The number of carbonyl (C=O) groups is 4. The summed E-state index contributed by atoms with van der Waals surface area (Å²) >= 11 is 0. The van der Waals surface area contributed by atoms with Crippen molar-refractivity contribution < 1.29 is 58.9 Å². The number of carboxylic acids is 2. The Hall–Kier alpha value is -5.00. The highest BCUT2D eigenvalue weighted by Crippen LogP contribution is 2.27. The summed E-state index contributed by atoms with van der Waals surface area (Å²) in [5.41, 5.74) is 0.608. The summed E-state index contributed by atoms with van der Waals surface area (Å²) in [6, 6.07) is 7.64. The summed E-state index contributed by atoms with van der Waals surface area (Å²) in [5, 5.41) is 47.0. The second kappa shape index (κ2) is 11.7. The van der Waals surface area contributed by atoms with Crippen LogP contribution in [-0.4, -0.2) is 68.7 Å². The summed E-state index contributed by atoms with van der Waals surface area (Å²) < 4.78 is 14.3. The second-order valence-corrected chi connectivity index (χ2v) is 6.74. The topological polar surface area (TPSA) is 197 Å². The summed E-state index contributed by atoms with van der Waals surface area (Å²) in [7, 11) is 1.31. The number of ether oxygens (including phenoxy) is 3. The maximum Gasteiger partial charge on any atom is 0.349 e. The molecule has 0 aliphatic carbocycles. The third-order valence-corrected chi connectivity index (χ3v) is 4.27. The molecule has 5 N–H and O–H groups in total.